The minimum Gasteiger partial charge on any atom is -0.321 e. The number of halogens is 3. The normalized spacial score (nSPS) is 14.9. The number of benzene rings is 1. The van der Waals surface area contributed by atoms with Crippen LogP contribution in [0.4, 0.5) is 18.9 Å². The summed E-state index contributed by atoms with van der Waals surface area (Å²) in [6.45, 7) is 1.38. The van der Waals surface area contributed by atoms with Gasteiger partial charge in [-0.3, -0.25) is 9.89 Å². The zero-order valence-corrected chi connectivity index (χ0v) is 11.8. The molecule has 0 radical (unpaired) electrons. The summed E-state index contributed by atoms with van der Waals surface area (Å²) in [7, 11) is 0. The highest BCUT2D eigenvalue weighted by molar-refractivity contribution is 6.03. The van der Waals surface area contributed by atoms with Gasteiger partial charge >= 0.3 is 6.18 Å². The molecule has 0 saturated heterocycles. The number of carbonyl (C=O) groups is 1. The Labute approximate surface area is 124 Å². The van der Waals surface area contributed by atoms with Gasteiger partial charge in [0, 0.05) is 17.3 Å². The van der Waals surface area contributed by atoms with E-state index in [4.69, 9.17) is 0 Å². The molecule has 7 heteroatoms. The Bertz CT molecular complexity index is 717. The molecule has 2 N–H and O–H groups in total. The molecule has 1 aliphatic carbocycles. The molecule has 1 saturated carbocycles. The van der Waals surface area contributed by atoms with Crippen molar-refractivity contribution in [3.63, 3.8) is 0 Å². The van der Waals surface area contributed by atoms with E-state index in [9.17, 15) is 18.0 Å². The lowest BCUT2D eigenvalue weighted by Gasteiger charge is -2.12. The maximum atomic E-state index is 12.9. The monoisotopic (exact) mass is 309 g/mol. The predicted octanol–water partition coefficient (Wildman–Crippen LogP) is 3.87. The molecule has 1 heterocycles. The fraction of sp³-hybridized carbons (Fsp3) is 0.333. The number of amides is 1. The summed E-state index contributed by atoms with van der Waals surface area (Å²) >= 11 is 0. The summed E-state index contributed by atoms with van der Waals surface area (Å²) < 4.78 is 38.6. The third kappa shape index (κ3) is 2.98. The standard InChI is InChI=1S/C15H14F3N3O/c1-8-2-5-10(6-11(8)15(16,17)18)19-14(22)13-7-12(20-21-13)9-3-4-9/h2,5-7,9H,3-4H2,1H3,(H,19,22)(H,20,21). The maximum absolute atomic E-state index is 12.9. The number of nitrogens with one attached hydrogen (secondary N) is 2. The van der Waals surface area contributed by atoms with E-state index in [1.165, 1.54) is 19.1 Å². The second-order valence-electron chi connectivity index (χ2n) is 5.46. The van der Waals surface area contributed by atoms with Crippen LogP contribution in [-0.4, -0.2) is 16.1 Å². The first-order valence-corrected chi connectivity index (χ1v) is 6.89. The van der Waals surface area contributed by atoms with Gasteiger partial charge in [-0.2, -0.15) is 18.3 Å². The molecule has 116 valence electrons. The summed E-state index contributed by atoms with van der Waals surface area (Å²) in [5.41, 5.74) is 0.521. The highest BCUT2D eigenvalue weighted by Gasteiger charge is 2.32. The van der Waals surface area contributed by atoms with Crippen LogP contribution >= 0.6 is 0 Å². The summed E-state index contributed by atoms with van der Waals surface area (Å²) in [6.07, 6.45) is -2.32. The third-order valence-corrected chi connectivity index (χ3v) is 3.65. The number of carbonyl (C=O) groups excluding carboxylic acids is 1. The first-order valence-electron chi connectivity index (χ1n) is 6.89. The van der Waals surface area contributed by atoms with Gasteiger partial charge in [-0.15, -0.1) is 0 Å². The van der Waals surface area contributed by atoms with Crippen LogP contribution in [0.2, 0.25) is 0 Å². The van der Waals surface area contributed by atoms with Crippen molar-refractivity contribution < 1.29 is 18.0 Å². The van der Waals surface area contributed by atoms with E-state index in [-0.39, 0.29) is 16.9 Å². The number of anilines is 1. The van der Waals surface area contributed by atoms with Gasteiger partial charge in [0.1, 0.15) is 0 Å². The van der Waals surface area contributed by atoms with E-state index in [0.29, 0.717) is 5.92 Å². The number of H-pyrrole nitrogens is 1. The van der Waals surface area contributed by atoms with Crippen LogP contribution in [0.5, 0.6) is 0 Å². The van der Waals surface area contributed by atoms with E-state index in [1.807, 2.05) is 0 Å². The molecule has 3 rings (SSSR count). The Morgan fingerprint density at radius 2 is 2.05 bits per heavy atom. The Hall–Kier alpha value is -2.31. The highest BCUT2D eigenvalue weighted by Crippen LogP contribution is 2.39. The predicted molar refractivity (Wildman–Crippen MR) is 74.7 cm³/mol. The average molecular weight is 309 g/mol. The molecule has 0 atom stereocenters. The summed E-state index contributed by atoms with van der Waals surface area (Å²) in [5, 5.41) is 9.14. The van der Waals surface area contributed by atoms with E-state index in [0.717, 1.165) is 24.6 Å². The van der Waals surface area contributed by atoms with Crippen LogP contribution in [0.1, 0.15) is 46.1 Å². The first-order chi connectivity index (χ1) is 10.3. The van der Waals surface area contributed by atoms with Gasteiger partial charge in [-0.05, 0) is 43.5 Å². The van der Waals surface area contributed by atoms with Crippen molar-refractivity contribution in [1.82, 2.24) is 10.2 Å². The zero-order chi connectivity index (χ0) is 15.9. The maximum Gasteiger partial charge on any atom is 0.416 e. The lowest BCUT2D eigenvalue weighted by molar-refractivity contribution is -0.138. The number of aryl methyl sites for hydroxylation is 1. The van der Waals surface area contributed by atoms with Crippen molar-refractivity contribution in [3.8, 4) is 0 Å². The van der Waals surface area contributed by atoms with Crippen molar-refractivity contribution in [2.45, 2.75) is 31.9 Å². The van der Waals surface area contributed by atoms with Gasteiger partial charge in [0.25, 0.3) is 5.91 Å². The van der Waals surface area contributed by atoms with E-state index >= 15 is 0 Å². The molecule has 0 bridgehead atoms. The van der Waals surface area contributed by atoms with Gasteiger partial charge in [0.05, 0.1) is 5.56 Å². The summed E-state index contributed by atoms with van der Waals surface area (Å²) in [6, 6.07) is 5.35. The number of aromatic amines is 1. The Balaban J connectivity index is 1.78. The summed E-state index contributed by atoms with van der Waals surface area (Å²) in [5.74, 6) is -0.106. The first kappa shape index (κ1) is 14.6. The molecule has 2 aromatic rings. The van der Waals surface area contributed by atoms with Gasteiger partial charge in [0.15, 0.2) is 5.69 Å². The van der Waals surface area contributed by atoms with Crippen molar-refractivity contribution >= 4 is 11.6 Å². The number of hydrogen-bond acceptors (Lipinski definition) is 2. The fourth-order valence-corrected chi connectivity index (χ4v) is 2.26. The third-order valence-electron chi connectivity index (χ3n) is 3.65. The number of rotatable bonds is 3. The molecular weight excluding hydrogens is 295 g/mol. The number of hydrogen-bond donors (Lipinski definition) is 2. The van der Waals surface area contributed by atoms with Crippen LogP contribution in [-0.2, 0) is 6.18 Å². The number of nitrogens with zero attached hydrogens (tertiary/aromatic N) is 1. The Morgan fingerprint density at radius 3 is 2.68 bits per heavy atom. The molecule has 1 fully saturated rings. The Morgan fingerprint density at radius 1 is 1.32 bits per heavy atom. The molecule has 1 aliphatic rings. The van der Waals surface area contributed by atoms with Gasteiger partial charge < -0.3 is 5.32 Å². The van der Waals surface area contributed by atoms with Crippen LogP contribution in [0, 0.1) is 6.92 Å². The average Bonchev–Trinajstić information content (AvgIpc) is 3.17. The molecule has 0 aliphatic heterocycles. The van der Waals surface area contributed by atoms with Crippen molar-refractivity contribution in [2.24, 2.45) is 0 Å². The number of aromatic nitrogens is 2. The molecule has 0 unspecified atom stereocenters. The molecule has 22 heavy (non-hydrogen) atoms. The molecular formula is C15H14F3N3O. The van der Waals surface area contributed by atoms with E-state index in [1.54, 1.807) is 6.07 Å². The van der Waals surface area contributed by atoms with Gasteiger partial charge in [0.2, 0.25) is 0 Å². The highest BCUT2D eigenvalue weighted by atomic mass is 19.4. The minimum atomic E-state index is -4.45. The topological polar surface area (TPSA) is 57.8 Å². The van der Waals surface area contributed by atoms with Crippen molar-refractivity contribution in [3.05, 3.63) is 46.8 Å². The molecule has 1 aromatic carbocycles. The lowest BCUT2D eigenvalue weighted by Crippen LogP contribution is -2.14. The zero-order valence-electron chi connectivity index (χ0n) is 11.8. The van der Waals surface area contributed by atoms with Crippen molar-refractivity contribution in [1.29, 1.82) is 0 Å². The van der Waals surface area contributed by atoms with Gasteiger partial charge in [-0.1, -0.05) is 6.07 Å². The Kier molecular flexibility index (Phi) is 3.42. The lowest BCUT2D eigenvalue weighted by atomic mass is 10.1. The smallest absolute Gasteiger partial charge is 0.321 e. The molecule has 1 amide bonds. The van der Waals surface area contributed by atoms with Gasteiger partial charge in [-0.25, -0.2) is 0 Å². The fourth-order valence-electron chi connectivity index (χ4n) is 2.26. The van der Waals surface area contributed by atoms with Crippen LogP contribution in [0.15, 0.2) is 24.3 Å². The van der Waals surface area contributed by atoms with Crippen molar-refractivity contribution in [2.75, 3.05) is 5.32 Å². The molecule has 0 spiro atoms. The van der Waals surface area contributed by atoms with Crippen LogP contribution < -0.4 is 5.32 Å². The van der Waals surface area contributed by atoms with Crippen LogP contribution in [0.25, 0.3) is 0 Å². The van der Waals surface area contributed by atoms with E-state index < -0.39 is 17.6 Å². The number of alkyl halides is 3. The summed E-state index contributed by atoms with van der Waals surface area (Å²) in [4.78, 5) is 12.0. The molecule has 1 aromatic heterocycles. The van der Waals surface area contributed by atoms with E-state index in [2.05, 4.69) is 15.5 Å². The SMILES string of the molecule is Cc1ccc(NC(=O)c2cc(C3CC3)[nH]n2)cc1C(F)(F)F. The quantitative estimate of drug-likeness (QED) is 0.904. The molecule has 4 nitrogen and oxygen atoms in total. The second kappa shape index (κ2) is 5.15. The largest absolute Gasteiger partial charge is 0.416 e. The van der Waals surface area contributed by atoms with Crippen LogP contribution in [0.3, 0.4) is 0 Å². The second-order valence-corrected chi connectivity index (χ2v) is 5.46. The minimum absolute atomic E-state index is 0.0962.